The van der Waals surface area contributed by atoms with Gasteiger partial charge in [0.15, 0.2) is 0 Å². The molecular weight excluding hydrogens is 468 g/mol. The molecule has 0 amide bonds. The van der Waals surface area contributed by atoms with Crippen LogP contribution in [0.4, 0.5) is 0 Å². The molecule has 2 aliphatic rings. The second-order valence-corrected chi connectivity index (χ2v) is 10.4. The summed E-state index contributed by atoms with van der Waals surface area (Å²) in [5, 5.41) is 12.8. The highest BCUT2D eigenvalue weighted by atomic mass is 16.5. The zero-order chi connectivity index (χ0) is 26.4. The summed E-state index contributed by atoms with van der Waals surface area (Å²) in [5.41, 5.74) is 2.49. The van der Waals surface area contributed by atoms with Crippen LogP contribution >= 0.6 is 0 Å². The predicted molar refractivity (Wildman–Crippen MR) is 141 cm³/mol. The van der Waals surface area contributed by atoms with E-state index in [9.17, 15) is 14.7 Å². The highest BCUT2D eigenvalue weighted by Gasteiger charge is 2.61. The fourth-order valence-electron chi connectivity index (χ4n) is 6.53. The highest BCUT2D eigenvalue weighted by molar-refractivity contribution is 5.89. The first-order chi connectivity index (χ1) is 17.7. The maximum atomic E-state index is 12.8. The lowest BCUT2D eigenvalue weighted by atomic mass is 9.53. The van der Waals surface area contributed by atoms with E-state index >= 15 is 0 Å². The minimum Gasteiger partial charge on any atom is -0.497 e. The molecule has 2 heterocycles. The molecule has 1 aliphatic heterocycles. The zero-order valence-electron chi connectivity index (χ0n) is 21.8. The van der Waals surface area contributed by atoms with Crippen LogP contribution in [0.15, 0.2) is 59.4 Å². The Morgan fingerprint density at radius 1 is 1.14 bits per heavy atom. The number of hydrogen-bond donors (Lipinski definition) is 2. The maximum Gasteiger partial charge on any atom is 0.343 e. The van der Waals surface area contributed by atoms with Gasteiger partial charge in [-0.15, -0.1) is 0 Å². The van der Waals surface area contributed by atoms with Crippen molar-refractivity contribution in [1.82, 2.24) is 9.88 Å². The third kappa shape index (κ3) is 4.06. The number of aromatic amines is 1. The van der Waals surface area contributed by atoms with Crippen LogP contribution in [0.25, 0.3) is 0 Å². The number of piperidine rings is 1. The van der Waals surface area contributed by atoms with Gasteiger partial charge in [0, 0.05) is 36.5 Å². The number of rotatable bonds is 5. The summed E-state index contributed by atoms with van der Waals surface area (Å²) in [6.45, 7) is 5.66. The van der Waals surface area contributed by atoms with Crippen molar-refractivity contribution < 1.29 is 19.4 Å². The summed E-state index contributed by atoms with van der Waals surface area (Å²) in [7, 11) is 2.90. The van der Waals surface area contributed by atoms with E-state index in [-0.39, 0.29) is 11.6 Å². The van der Waals surface area contributed by atoms with Gasteiger partial charge < -0.3 is 19.6 Å². The van der Waals surface area contributed by atoms with E-state index in [1.807, 2.05) is 36.4 Å². The van der Waals surface area contributed by atoms with Crippen molar-refractivity contribution in [2.24, 2.45) is 0 Å². The number of methoxy groups -OCH3 is 2. The van der Waals surface area contributed by atoms with Crippen molar-refractivity contribution >= 4 is 5.97 Å². The SMILES string of the molecule is COC(=O)c1cc2c([nH]c1=O)C[C@@]1(c3cc(OC)ccc3C)CCN(Cc3ccccc3)[C@H](C)[C@]1(O)C2. The first kappa shape index (κ1) is 25.2. The van der Waals surface area contributed by atoms with Gasteiger partial charge in [-0.3, -0.25) is 9.69 Å². The minimum atomic E-state index is -1.17. The molecule has 194 valence electrons. The molecule has 0 spiro atoms. The smallest absolute Gasteiger partial charge is 0.343 e. The number of aliphatic hydroxyl groups is 1. The Morgan fingerprint density at radius 2 is 1.89 bits per heavy atom. The van der Waals surface area contributed by atoms with Crippen LogP contribution < -0.4 is 10.3 Å². The Balaban J connectivity index is 1.66. The number of likely N-dealkylation sites (tertiary alicyclic amines) is 1. The van der Waals surface area contributed by atoms with Crippen LogP contribution in [0.2, 0.25) is 0 Å². The van der Waals surface area contributed by atoms with Crippen LogP contribution in [0.5, 0.6) is 5.75 Å². The van der Waals surface area contributed by atoms with E-state index in [2.05, 4.69) is 35.9 Å². The lowest BCUT2D eigenvalue weighted by molar-refractivity contribution is -0.141. The van der Waals surface area contributed by atoms with Gasteiger partial charge in [-0.05, 0) is 67.3 Å². The topological polar surface area (TPSA) is 91.9 Å². The number of carbonyl (C=O) groups is 1. The molecule has 0 bridgehead atoms. The molecule has 0 unspecified atom stereocenters. The molecular formula is C30H34N2O5. The van der Waals surface area contributed by atoms with Gasteiger partial charge in [0.1, 0.15) is 11.3 Å². The fraction of sp³-hybridized carbons (Fsp3) is 0.400. The molecule has 1 saturated heterocycles. The Hall–Kier alpha value is -3.42. The van der Waals surface area contributed by atoms with E-state index < -0.39 is 22.5 Å². The number of aromatic nitrogens is 1. The quantitative estimate of drug-likeness (QED) is 0.519. The Morgan fingerprint density at radius 3 is 2.59 bits per heavy atom. The number of nitrogens with zero attached hydrogens (tertiary/aromatic N) is 1. The number of carbonyl (C=O) groups excluding carboxylic acids is 1. The molecule has 1 aromatic heterocycles. The van der Waals surface area contributed by atoms with Crippen molar-refractivity contribution in [3.05, 3.63) is 98.5 Å². The van der Waals surface area contributed by atoms with Crippen molar-refractivity contribution in [1.29, 1.82) is 0 Å². The molecule has 0 saturated carbocycles. The molecule has 1 fully saturated rings. The van der Waals surface area contributed by atoms with Crippen LogP contribution in [0.3, 0.4) is 0 Å². The summed E-state index contributed by atoms with van der Waals surface area (Å²) in [5.74, 6) is 0.0518. The molecule has 2 aromatic carbocycles. The lowest BCUT2D eigenvalue weighted by Gasteiger charge is -2.60. The lowest BCUT2D eigenvalue weighted by Crippen LogP contribution is -2.70. The summed E-state index contributed by atoms with van der Waals surface area (Å²) in [4.78, 5) is 30.4. The van der Waals surface area contributed by atoms with Crippen molar-refractivity contribution in [3.8, 4) is 5.75 Å². The largest absolute Gasteiger partial charge is 0.497 e. The minimum absolute atomic E-state index is 0.0421. The average molecular weight is 503 g/mol. The number of aryl methyl sites for hydroxylation is 1. The summed E-state index contributed by atoms with van der Waals surface area (Å²) in [6, 6.07) is 17.7. The number of ether oxygens (including phenoxy) is 2. The van der Waals surface area contributed by atoms with E-state index in [1.165, 1.54) is 12.7 Å². The number of hydrogen-bond acceptors (Lipinski definition) is 6. The van der Waals surface area contributed by atoms with Gasteiger partial charge in [0.05, 0.1) is 19.8 Å². The summed E-state index contributed by atoms with van der Waals surface area (Å²) < 4.78 is 10.4. The first-order valence-corrected chi connectivity index (χ1v) is 12.7. The second-order valence-electron chi connectivity index (χ2n) is 10.4. The van der Waals surface area contributed by atoms with Gasteiger partial charge in [-0.25, -0.2) is 4.79 Å². The second kappa shape index (κ2) is 9.47. The molecule has 0 radical (unpaired) electrons. The van der Waals surface area contributed by atoms with E-state index in [0.29, 0.717) is 19.3 Å². The van der Waals surface area contributed by atoms with E-state index in [1.54, 1.807) is 13.2 Å². The highest BCUT2D eigenvalue weighted by Crippen LogP contribution is 2.53. The fourth-order valence-corrected chi connectivity index (χ4v) is 6.53. The Bertz CT molecular complexity index is 1380. The predicted octanol–water partition coefficient (Wildman–Crippen LogP) is 3.54. The maximum absolute atomic E-state index is 12.8. The number of H-pyrrole nitrogens is 1. The summed E-state index contributed by atoms with van der Waals surface area (Å²) >= 11 is 0. The molecule has 1 aliphatic carbocycles. The van der Waals surface area contributed by atoms with Gasteiger partial charge in [-0.2, -0.15) is 0 Å². The molecule has 5 rings (SSSR count). The number of nitrogens with one attached hydrogen (secondary N) is 1. The molecule has 3 atom stereocenters. The molecule has 2 N–H and O–H groups in total. The normalized spacial score (nSPS) is 25.2. The Labute approximate surface area is 217 Å². The summed E-state index contributed by atoms with van der Waals surface area (Å²) in [6.07, 6.45) is 1.45. The Kier molecular flexibility index (Phi) is 6.46. The van der Waals surface area contributed by atoms with E-state index in [0.717, 1.165) is 41.2 Å². The van der Waals surface area contributed by atoms with Crippen molar-refractivity contribution in [2.75, 3.05) is 20.8 Å². The molecule has 7 heteroatoms. The van der Waals surface area contributed by atoms with Crippen molar-refractivity contribution in [3.63, 3.8) is 0 Å². The van der Waals surface area contributed by atoms with Crippen LogP contribution in [0, 0.1) is 6.92 Å². The standard InChI is InChI=1S/C30H34N2O5/c1-19-10-11-23(36-3)15-25(19)29-12-13-32(18-21-8-6-5-7-9-21)20(2)30(29,35)16-22-14-24(28(34)37-4)27(33)31-26(22)17-29/h5-11,14-15,20,35H,12-13,16-18H2,1-4H3,(H,31,33)/t20-,29-,30-/m1/s1. The van der Waals surface area contributed by atoms with Crippen molar-refractivity contribution in [2.45, 2.75) is 56.7 Å². The monoisotopic (exact) mass is 502 g/mol. The molecule has 37 heavy (non-hydrogen) atoms. The number of fused-ring (bicyclic) bond motifs is 2. The van der Waals surface area contributed by atoms with Gasteiger partial charge in [-0.1, -0.05) is 36.4 Å². The zero-order valence-corrected chi connectivity index (χ0v) is 21.8. The average Bonchev–Trinajstić information content (AvgIpc) is 2.90. The molecule has 3 aromatic rings. The van der Waals surface area contributed by atoms with Gasteiger partial charge in [0.25, 0.3) is 5.56 Å². The number of pyridine rings is 1. The first-order valence-electron chi connectivity index (χ1n) is 12.7. The van der Waals surface area contributed by atoms with Crippen LogP contribution in [0.1, 0.15) is 51.7 Å². The number of benzene rings is 2. The van der Waals surface area contributed by atoms with E-state index in [4.69, 9.17) is 9.47 Å². The van der Waals surface area contributed by atoms with Gasteiger partial charge in [0.2, 0.25) is 0 Å². The van der Waals surface area contributed by atoms with Gasteiger partial charge >= 0.3 is 5.97 Å². The third-order valence-electron chi connectivity index (χ3n) is 8.64. The third-order valence-corrected chi connectivity index (χ3v) is 8.64. The van der Waals surface area contributed by atoms with Crippen LogP contribution in [-0.4, -0.2) is 53.4 Å². The molecule has 7 nitrogen and oxygen atoms in total. The number of esters is 1. The van der Waals surface area contributed by atoms with Crippen LogP contribution in [-0.2, 0) is 29.5 Å².